The second-order valence-corrected chi connectivity index (χ2v) is 8.40. The molecule has 1 fully saturated rings. The molecular formula is C15H20N2O3S. The van der Waals surface area contributed by atoms with E-state index in [0.717, 1.165) is 30.6 Å². The summed E-state index contributed by atoms with van der Waals surface area (Å²) in [4.78, 5) is 12.6. The Balaban J connectivity index is 1.84. The van der Waals surface area contributed by atoms with Crippen molar-refractivity contribution in [1.82, 2.24) is 5.32 Å². The molecule has 1 atom stereocenters. The van der Waals surface area contributed by atoms with Gasteiger partial charge >= 0.3 is 0 Å². The van der Waals surface area contributed by atoms with E-state index in [-0.39, 0.29) is 17.4 Å². The number of rotatable bonds is 2. The van der Waals surface area contributed by atoms with Crippen molar-refractivity contribution in [3.8, 4) is 0 Å². The van der Waals surface area contributed by atoms with E-state index in [9.17, 15) is 13.2 Å². The van der Waals surface area contributed by atoms with Crippen LogP contribution in [0.15, 0.2) is 18.2 Å². The topological polar surface area (TPSA) is 75.3 Å². The summed E-state index contributed by atoms with van der Waals surface area (Å²) in [6.07, 6.45) is 2.36. The van der Waals surface area contributed by atoms with Gasteiger partial charge in [0.05, 0.1) is 17.0 Å². The highest BCUT2D eigenvalue weighted by atomic mass is 32.2. The van der Waals surface area contributed by atoms with Crippen LogP contribution >= 0.6 is 0 Å². The largest absolute Gasteiger partial charge is 0.385 e. The van der Waals surface area contributed by atoms with Gasteiger partial charge < -0.3 is 10.6 Å². The number of amides is 1. The van der Waals surface area contributed by atoms with Crippen molar-refractivity contribution in [3.05, 3.63) is 29.3 Å². The summed E-state index contributed by atoms with van der Waals surface area (Å²) in [6, 6.07) is 5.65. The molecule has 1 amide bonds. The van der Waals surface area contributed by atoms with Crippen molar-refractivity contribution in [2.75, 3.05) is 23.4 Å². The third-order valence-electron chi connectivity index (χ3n) is 4.26. The van der Waals surface area contributed by atoms with E-state index < -0.39 is 15.4 Å². The van der Waals surface area contributed by atoms with Crippen molar-refractivity contribution in [2.45, 2.75) is 31.7 Å². The molecule has 0 bridgehead atoms. The van der Waals surface area contributed by atoms with Crippen molar-refractivity contribution in [2.24, 2.45) is 0 Å². The fraction of sp³-hybridized carbons (Fsp3) is 0.533. The Morgan fingerprint density at radius 2 is 2.19 bits per heavy atom. The SMILES string of the molecule is CC1(NC(=O)c2cccc3c2CCCN3)CCS(=O)(=O)C1. The normalized spacial score (nSPS) is 26.7. The second-order valence-electron chi connectivity index (χ2n) is 6.22. The van der Waals surface area contributed by atoms with Crippen LogP contribution in [-0.2, 0) is 16.3 Å². The summed E-state index contributed by atoms with van der Waals surface area (Å²) >= 11 is 0. The van der Waals surface area contributed by atoms with Gasteiger partial charge in [-0.25, -0.2) is 8.42 Å². The van der Waals surface area contributed by atoms with Crippen LogP contribution in [0.1, 0.15) is 35.7 Å². The average Bonchev–Trinajstić information content (AvgIpc) is 2.71. The van der Waals surface area contributed by atoms with Gasteiger partial charge in [0.25, 0.3) is 5.91 Å². The third-order valence-corrected chi connectivity index (χ3v) is 6.16. The Bertz CT molecular complexity index is 684. The molecule has 114 valence electrons. The molecule has 1 unspecified atom stereocenters. The number of anilines is 1. The zero-order valence-corrected chi connectivity index (χ0v) is 12.9. The fourth-order valence-corrected chi connectivity index (χ4v) is 5.27. The van der Waals surface area contributed by atoms with E-state index in [2.05, 4.69) is 10.6 Å². The molecule has 0 radical (unpaired) electrons. The second kappa shape index (κ2) is 5.02. The molecule has 0 saturated carbocycles. The number of nitrogens with one attached hydrogen (secondary N) is 2. The first-order valence-corrected chi connectivity index (χ1v) is 9.09. The van der Waals surface area contributed by atoms with Gasteiger partial charge in [-0.2, -0.15) is 0 Å². The summed E-state index contributed by atoms with van der Waals surface area (Å²) in [7, 11) is -3.03. The molecule has 0 aliphatic carbocycles. The van der Waals surface area contributed by atoms with E-state index >= 15 is 0 Å². The van der Waals surface area contributed by atoms with Crippen molar-refractivity contribution in [1.29, 1.82) is 0 Å². The standard InChI is InChI=1S/C15H20N2O3S/c1-15(7-9-21(19,20)10-15)17-14(18)12-4-2-6-13-11(12)5-3-8-16-13/h2,4,6,16H,3,5,7-10H2,1H3,(H,17,18). The molecule has 21 heavy (non-hydrogen) atoms. The van der Waals surface area contributed by atoms with Crippen LogP contribution in [-0.4, -0.2) is 37.9 Å². The first kappa shape index (κ1) is 14.4. The number of carbonyl (C=O) groups excluding carboxylic acids is 1. The molecule has 2 N–H and O–H groups in total. The Morgan fingerprint density at radius 3 is 2.90 bits per heavy atom. The van der Waals surface area contributed by atoms with Gasteiger partial charge in [0.2, 0.25) is 0 Å². The molecule has 6 heteroatoms. The quantitative estimate of drug-likeness (QED) is 0.865. The number of fused-ring (bicyclic) bond motifs is 1. The maximum absolute atomic E-state index is 12.6. The smallest absolute Gasteiger partial charge is 0.252 e. The fourth-order valence-electron chi connectivity index (χ4n) is 3.17. The molecule has 1 aromatic rings. The lowest BCUT2D eigenvalue weighted by atomic mass is 9.95. The minimum Gasteiger partial charge on any atom is -0.385 e. The van der Waals surface area contributed by atoms with Crippen LogP contribution in [0.25, 0.3) is 0 Å². The zero-order chi connectivity index (χ0) is 15.1. The first-order valence-electron chi connectivity index (χ1n) is 7.27. The summed E-state index contributed by atoms with van der Waals surface area (Å²) in [5.41, 5.74) is 2.05. The van der Waals surface area contributed by atoms with Crippen LogP contribution in [0, 0.1) is 0 Å². The Hall–Kier alpha value is -1.56. The minimum atomic E-state index is -3.03. The molecule has 0 spiro atoms. The van der Waals surface area contributed by atoms with Gasteiger partial charge in [0.1, 0.15) is 0 Å². The predicted octanol–water partition coefficient (Wildman–Crippen LogP) is 1.35. The number of hydrogen-bond acceptors (Lipinski definition) is 4. The van der Waals surface area contributed by atoms with E-state index in [0.29, 0.717) is 12.0 Å². The highest BCUT2D eigenvalue weighted by Crippen LogP contribution is 2.27. The maximum Gasteiger partial charge on any atom is 0.252 e. The van der Waals surface area contributed by atoms with Crippen LogP contribution in [0.4, 0.5) is 5.69 Å². The van der Waals surface area contributed by atoms with Gasteiger partial charge in [-0.1, -0.05) is 6.07 Å². The Kier molecular flexibility index (Phi) is 3.43. The van der Waals surface area contributed by atoms with Gasteiger partial charge in [-0.05, 0) is 43.9 Å². The van der Waals surface area contributed by atoms with Crippen LogP contribution in [0.2, 0.25) is 0 Å². The molecule has 2 aliphatic rings. The number of benzene rings is 1. The molecule has 2 heterocycles. The van der Waals surface area contributed by atoms with Crippen molar-refractivity contribution >= 4 is 21.4 Å². The third kappa shape index (κ3) is 2.90. The monoisotopic (exact) mass is 308 g/mol. The highest BCUT2D eigenvalue weighted by molar-refractivity contribution is 7.91. The van der Waals surface area contributed by atoms with Gasteiger partial charge in [0, 0.05) is 17.8 Å². The van der Waals surface area contributed by atoms with E-state index in [1.165, 1.54) is 0 Å². The van der Waals surface area contributed by atoms with Gasteiger partial charge in [-0.15, -0.1) is 0 Å². The van der Waals surface area contributed by atoms with Crippen molar-refractivity contribution in [3.63, 3.8) is 0 Å². The number of sulfone groups is 1. The summed E-state index contributed by atoms with van der Waals surface area (Å²) in [5.74, 6) is 0.00667. The number of carbonyl (C=O) groups is 1. The lowest BCUT2D eigenvalue weighted by molar-refractivity contribution is 0.0914. The van der Waals surface area contributed by atoms with E-state index in [4.69, 9.17) is 0 Å². The van der Waals surface area contributed by atoms with Crippen LogP contribution in [0.5, 0.6) is 0 Å². The van der Waals surface area contributed by atoms with Crippen molar-refractivity contribution < 1.29 is 13.2 Å². The molecule has 1 aromatic carbocycles. The van der Waals surface area contributed by atoms with E-state index in [1.54, 1.807) is 0 Å². The molecule has 2 aliphatic heterocycles. The molecule has 5 nitrogen and oxygen atoms in total. The summed E-state index contributed by atoms with van der Waals surface area (Å²) in [5, 5.41) is 6.23. The van der Waals surface area contributed by atoms with Gasteiger partial charge in [-0.3, -0.25) is 4.79 Å². The highest BCUT2D eigenvalue weighted by Gasteiger charge is 2.39. The molecule has 0 aromatic heterocycles. The van der Waals surface area contributed by atoms with Crippen LogP contribution in [0.3, 0.4) is 0 Å². The zero-order valence-electron chi connectivity index (χ0n) is 12.1. The lowest BCUT2D eigenvalue weighted by Crippen LogP contribution is -2.47. The van der Waals surface area contributed by atoms with E-state index in [1.807, 2.05) is 25.1 Å². The first-order chi connectivity index (χ1) is 9.89. The molecule has 1 saturated heterocycles. The predicted molar refractivity (Wildman–Crippen MR) is 82.4 cm³/mol. The lowest BCUT2D eigenvalue weighted by Gasteiger charge is -2.26. The Morgan fingerprint density at radius 1 is 1.38 bits per heavy atom. The van der Waals surface area contributed by atoms with Gasteiger partial charge in [0.15, 0.2) is 9.84 Å². The molecule has 3 rings (SSSR count). The average molecular weight is 308 g/mol. The molecular weight excluding hydrogens is 288 g/mol. The summed E-state index contributed by atoms with van der Waals surface area (Å²) < 4.78 is 23.3. The van der Waals surface area contributed by atoms with Crippen LogP contribution < -0.4 is 10.6 Å². The Labute approximate surface area is 125 Å². The number of hydrogen-bond donors (Lipinski definition) is 2. The minimum absolute atomic E-state index is 0.0268. The maximum atomic E-state index is 12.6. The summed E-state index contributed by atoms with van der Waals surface area (Å²) in [6.45, 7) is 2.73.